The lowest BCUT2D eigenvalue weighted by Crippen LogP contribution is -2.23. The van der Waals surface area contributed by atoms with Crippen LogP contribution in [0.15, 0.2) is 27.9 Å². The predicted octanol–water partition coefficient (Wildman–Crippen LogP) is 0.0752. The van der Waals surface area contributed by atoms with E-state index in [4.69, 9.17) is 15.2 Å². The van der Waals surface area contributed by atoms with Gasteiger partial charge in [0.2, 0.25) is 11.6 Å². The van der Waals surface area contributed by atoms with Gasteiger partial charge >= 0.3 is 0 Å². The van der Waals surface area contributed by atoms with Crippen molar-refractivity contribution in [2.45, 2.75) is 6.54 Å². The van der Waals surface area contributed by atoms with Gasteiger partial charge in [-0.3, -0.25) is 4.79 Å². The maximum atomic E-state index is 12.6. The molecule has 0 saturated heterocycles. The molecule has 2 aromatic heterocycles. The van der Waals surface area contributed by atoms with E-state index in [9.17, 15) is 4.79 Å². The van der Waals surface area contributed by atoms with Crippen LogP contribution in [0.5, 0.6) is 11.5 Å². The highest BCUT2D eigenvalue weighted by molar-refractivity contribution is 5.94. The topological polar surface area (TPSA) is 159 Å². The largest absolute Gasteiger partial charge is 0.493 e. The van der Waals surface area contributed by atoms with E-state index < -0.39 is 5.91 Å². The minimum Gasteiger partial charge on any atom is -0.493 e. The van der Waals surface area contributed by atoms with Gasteiger partial charge in [0.05, 0.1) is 26.1 Å². The average molecular weight is 415 g/mol. The first-order valence-corrected chi connectivity index (χ1v) is 8.67. The second-order valence-electron chi connectivity index (χ2n) is 6.32. The second-order valence-corrected chi connectivity index (χ2v) is 6.32. The summed E-state index contributed by atoms with van der Waals surface area (Å²) in [4.78, 5) is 14.5. The number of amides is 1. The Labute approximate surface area is 171 Å². The lowest BCUT2D eigenvalue weighted by Gasteiger charge is -2.11. The van der Waals surface area contributed by atoms with Crippen molar-refractivity contribution in [2.24, 2.45) is 5.10 Å². The van der Waals surface area contributed by atoms with Gasteiger partial charge in [-0.25, -0.2) is 10.1 Å². The molecule has 158 valence electrons. The zero-order valence-electron chi connectivity index (χ0n) is 16.9. The van der Waals surface area contributed by atoms with E-state index in [-0.39, 0.29) is 17.3 Å². The van der Waals surface area contributed by atoms with E-state index in [0.717, 1.165) is 0 Å². The minimum absolute atomic E-state index is 0.0262. The number of methoxy groups -OCH3 is 2. The quantitative estimate of drug-likeness (QED) is 0.381. The molecule has 3 aromatic rings. The molecule has 0 aliphatic rings. The van der Waals surface area contributed by atoms with Crippen molar-refractivity contribution in [3.63, 3.8) is 0 Å². The average Bonchev–Trinajstić information content (AvgIpc) is 3.33. The third-order valence-electron chi connectivity index (χ3n) is 3.93. The van der Waals surface area contributed by atoms with Crippen LogP contribution in [0.2, 0.25) is 0 Å². The van der Waals surface area contributed by atoms with Crippen LogP contribution in [-0.4, -0.2) is 70.6 Å². The third kappa shape index (κ3) is 4.35. The van der Waals surface area contributed by atoms with Crippen LogP contribution in [0.1, 0.15) is 21.7 Å². The van der Waals surface area contributed by atoms with Crippen molar-refractivity contribution in [2.75, 3.05) is 34.0 Å². The molecular weight excluding hydrogens is 394 g/mol. The molecule has 3 rings (SSSR count). The monoisotopic (exact) mass is 415 g/mol. The fourth-order valence-electron chi connectivity index (χ4n) is 2.58. The summed E-state index contributed by atoms with van der Waals surface area (Å²) in [6.45, 7) is 0.335. The predicted molar refractivity (Wildman–Crippen MR) is 106 cm³/mol. The second kappa shape index (κ2) is 9.00. The Morgan fingerprint density at radius 2 is 2.07 bits per heavy atom. The molecule has 0 radical (unpaired) electrons. The molecule has 0 bridgehead atoms. The highest BCUT2D eigenvalue weighted by atomic mass is 16.6. The molecule has 1 aromatic carbocycles. The van der Waals surface area contributed by atoms with Crippen molar-refractivity contribution in [3.8, 4) is 17.3 Å². The number of rotatable bonds is 8. The Balaban J connectivity index is 1.81. The minimum atomic E-state index is -0.551. The maximum absolute atomic E-state index is 12.6. The van der Waals surface area contributed by atoms with Gasteiger partial charge in [0.1, 0.15) is 0 Å². The number of hydrogen-bond donors (Lipinski definition) is 2. The van der Waals surface area contributed by atoms with Crippen LogP contribution >= 0.6 is 0 Å². The van der Waals surface area contributed by atoms with Gasteiger partial charge < -0.3 is 20.1 Å². The Morgan fingerprint density at radius 1 is 1.30 bits per heavy atom. The van der Waals surface area contributed by atoms with E-state index in [1.54, 1.807) is 25.3 Å². The molecule has 0 fully saturated rings. The molecule has 1 amide bonds. The number of nitrogens with one attached hydrogen (secondary N) is 1. The van der Waals surface area contributed by atoms with Crippen molar-refractivity contribution < 1.29 is 18.9 Å². The van der Waals surface area contributed by atoms with E-state index in [0.29, 0.717) is 29.3 Å². The molecule has 0 spiro atoms. The lowest BCUT2D eigenvalue weighted by molar-refractivity contribution is 0.0948. The summed E-state index contributed by atoms with van der Waals surface area (Å²) in [5.41, 5.74) is 9.38. The van der Waals surface area contributed by atoms with Gasteiger partial charge in [0, 0.05) is 6.54 Å². The Bertz CT molecular complexity index is 1060. The Hall–Kier alpha value is -4.00. The summed E-state index contributed by atoms with van der Waals surface area (Å²) in [6, 6.07) is 5.23. The van der Waals surface area contributed by atoms with Gasteiger partial charge in [-0.15, -0.1) is 5.10 Å². The number of carbonyl (C=O) groups is 1. The first-order valence-electron chi connectivity index (χ1n) is 8.67. The standard InChI is InChI=1S/C17H21N9O4/c1-25(2)9-11-14(20-24-26(11)16-15(18)22-30-23-16)17(27)21-19-8-10-5-6-12(28-3)13(7-10)29-4/h5-8H,9H2,1-4H3,(H2,18,22)(H,21,27)/b19-8-. The number of ether oxygens (including phenoxy) is 2. The molecule has 3 N–H and O–H groups in total. The number of hydrogen-bond acceptors (Lipinski definition) is 11. The van der Waals surface area contributed by atoms with Crippen LogP contribution in [0.4, 0.5) is 5.82 Å². The van der Waals surface area contributed by atoms with E-state index >= 15 is 0 Å². The third-order valence-corrected chi connectivity index (χ3v) is 3.93. The Morgan fingerprint density at radius 3 is 2.70 bits per heavy atom. The molecular formula is C17H21N9O4. The number of hydrazone groups is 1. The highest BCUT2D eigenvalue weighted by Crippen LogP contribution is 2.26. The number of nitrogens with two attached hydrogens (primary N) is 1. The van der Waals surface area contributed by atoms with Crippen LogP contribution in [0.25, 0.3) is 5.82 Å². The summed E-state index contributed by atoms with van der Waals surface area (Å²) in [5.74, 6) is 0.753. The number of anilines is 1. The van der Waals surface area contributed by atoms with Gasteiger partial charge in [0.25, 0.3) is 5.91 Å². The van der Waals surface area contributed by atoms with E-state index in [1.807, 2.05) is 19.0 Å². The van der Waals surface area contributed by atoms with Gasteiger partial charge in [0.15, 0.2) is 17.2 Å². The van der Waals surface area contributed by atoms with E-state index in [2.05, 4.69) is 35.8 Å². The number of benzene rings is 1. The van der Waals surface area contributed by atoms with Crippen molar-refractivity contribution >= 4 is 17.9 Å². The molecule has 0 unspecified atom stereocenters. The van der Waals surface area contributed by atoms with Crippen molar-refractivity contribution in [1.82, 2.24) is 35.6 Å². The molecule has 13 heteroatoms. The molecule has 13 nitrogen and oxygen atoms in total. The zero-order valence-corrected chi connectivity index (χ0v) is 16.9. The van der Waals surface area contributed by atoms with Crippen LogP contribution in [-0.2, 0) is 6.54 Å². The summed E-state index contributed by atoms with van der Waals surface area (Å²) < 4.78 is 16.4. The van der Waals surface area contributed by atoms with Gasteiger partial charge in [-0.2, -0.15) is 9.78 Å². The first kappa shape index (κ1) is 20.7. The molecule has 0 aliphatic heterocycles. The van der Waals surface area contributed by atoms with Crippen LogP contribution < -0.4 is 20.6 Å². The highest BCUT2D eigenvalue weighted by Gasteiger charge is 2.24. The number of aromatic nitrogens is 5. The maximum Gasteiger partial charge on any atom is 0.293 e. The van der Waals surface area contributed by atoms with Crippen LogP contribution in [0.3, 0.4) is 0 Å². The fraction of sp³-hybridized carbons (Fsp3) is 0.294. The summed E-state index contributed by atoms with van der Waals surface area (Å²) >= 11 is 0. The van der Waals surface area contributed by atoms with Crippen molar-refractivity contribution in [3.05, 3.63) is 35.2 Å². The van der Waals surface area contributed by atoms with Crippen LogP contribution in [0, 0.1) is 0 Å². The lowest BCUT2D eigenvalue weighted by atomic mass is 10.2. The SMILES string of the molecule is COc1ccc(/C=N\NC(=O)c2nnn(-c3nonc3N)c2CN(C)C)cc1OC. The molecule has 30 heavy (non-hydrogen) atoms. The number of nitrogens with zero attached hydrogens (tertiary/aromatic N) is 7. The van der Waals surface area contributed by atoms with Gasteiger partial charge in [-0.1, -0.05) is 5.21 Å². The summed E-state index contributed by atoms with van der Waals surface area (Å²) in [7, 11) is 6.75. The number of nitrogen functional groups attached to an aromatic ring is 1. The molecule has 0 aliphatic carbocycles. The zero-order chi connectivity index (χ0) is 21.7. The Kier molecular flexibility index (Phi) is 6.22. The number of carbonyl (C=O) groups excluding carboxylic acids is 1. The molecule has 0 atom stereocenters. The molecule has 0 saturated carbocycles. The normalized spacial score (nSPS) is 11.2. The summed E-state index contributed by atoms with van der Waals surface area (Å²) in [6.07, 6.45) is 1.47. The first-order chi connectivity index (χ1) is 14.4. The smallest absolute Gasteiger partial charge is 0.293 e. The van der Waals surface area contributed by atoms with Crippen molar-refractivity contribution in [1.29, 1.82) is 0 Å². The van der Waals surface area contributed by atoms with Gasteiger partial charge in [-0.05, 0) is 48.2 Å². The van der Waals surface area contributed by atoms with E-state index in [1.165, 1.54) is 18.0 Å². The summed E-state index contributed by atoms with van der Waals surface area (Å²) in [5, 5.41) is 19.1. The fourth-order valence-corrected chi connectivity index (χ4v) is 2.58. The molecule has 2 heterocycles.